The Morgan fingerprint density at radius 2 is 2.07 bits per heavy atom. The van der Waals surface area contributed by atoms with Gasteiger partial charge in [0, 0.05) is 37.6 Å². The van der Waals surface area contributed by atoms with Crippen molar-refractivity contribution in [2.45, 2.75) is 78.8 Å². The van der Waals surface area contributed by atoms with Crippen LogP contribution < -0.4 is 10.9 Å². The molecular formula is C23H32N4O3. The smallest absolute Gasteiger partial charge is 0.291 e. The van der Waals surface area contributed by atoms with Gasteiger partial charge < -0.3 is 9.73 Å². The molecular weight excluding hydrogens is 380 g/mol. The van der Waals surface area contributed by atoms with Crippen molar-refractivity contribution in [1.82, 2.24) is 19.5 Å². The van der Waals surface area contributed by atoms with Crippen molar-refractivity contribution in [3.8, 4) is 0 Å². The summed E-state index contributed by atoms with van der Waals surface area (Å²) in [5.41, 5.74) is 2.01. The molecule has 3 heterocycles. The van der Waals surface area contributed by atoms with Crippen molar-refractivity contribution >= 4 is 22.5 Å². The number of furan rings is 1. The Morgan fingerprint density at radius 1 is 1.27 bits per heavy atom. The molecule has 0 aliphatic heterocycles. The Bertz CT molecular complexity index is 1120. The molecule has 1 aliphatic carbocycles. The zero-order chi connectivity index (χ0) is 21.4. The summed E-state index contributed by atoms with van der Waals surface area (Å²) in [6.07, 6.45) is 5.17. The first-order valence-corrected chi connectivity index (χ1v) is 11.2. The Morgan fingerprint density at radius 3 is 2.83 bits per heavy atom. The molecule has 0 spiro atoms. The standard InChI is InChI=1S/C23H32N4O3/c1-5-21-25-26(23(29)19-13-20-18(27(19)21)12-15(3)30-20)11-7-10-22(28)24-17-9-6-8-14(2)16(17)4/h12-14,16-17H,5-11H2,1-4H3,(H,24,28)/t14-,16+,17+/m0/s1. The number of carbonyl (C=O) groups is 1. The van der Waals surface area contributed by atoms with Gasteiger partial charge in [-0.3, -0.25) is 14.0 Å². The van der Waals surface area contributed by atoms with Crippen LogP contribution in [0.2, 0.25) is 0 Å². The van der Waals surface area contributed by atoms with Crippen LogP contribution in [0.4, 0.5) is 0 Å². The molecule has 4 rings (SSSR count). The van der Waals surface area contributed by atoms with Gasteiger partial charge in [0.2, 0.25) is 5.91 Å². The van der Waals surface area contributed by atoms with Crippen LogP contribution >= 0.6 is 0 Å². The van der Waals surface area contributed by atoms with E-state index < -0.39 is 0 Å². The first-order valence-electron chi connectivity index (χ1n) is 11.2. The molecule has 3 aromatic rings. The molecule has 162 valence electrons. The number of hydrogen-bond acceptors (Lipinski definition) is 4. The number of fused-ring (bicyclic) bond motifs is 3. The average molecular weight is 413 g/mol. The third kappa shape index (κ3) is 3.77. The van der Waals surface area contributed by atoms with Crippen molar-refractivity contribution in [3.63, 3.8) is 0 Å². The van der Waals surface area contributed by atoms with E-state index in [2.05, 4.69) is 24.3 Å². The van der Waals surface area contributed by atoms with Crippen LogP contribution in [0.3, 0.4) is 0 Å². The Labute approximate surface area is 176 Å². The van der Waals surface area contributed by atoms with Crippen molar-refractivity contribution in [3.05, 3.63) is 34.1 Å². The molecule has 1 aliphatic rings. The van der Waals surface area contributed by atoms with E-state index in [1.807, 2.05) is 24.3 Å². The highest BCUT2D eigenvalue weighted by molar-refractivity contribution is 5.83. The maximum absolute atomic E-state index is 13.0. The average Bonchev–Trinajstić information content (AvgIpc) is 3.24. The Balaban J connectivity index is 1.46. The maximum atomic E-state index is 13.0. The molecule has 0 saturated heterocycles. The second kappa shape index (κ2) is 8.28. The molecule has 1 amide bonds. The lowest BCUT2D eigenvalue weighted by molar-refractivity contribution is -0.122. The molecule has 3 aromatic heterocycles. The number of nitrogens with one attached hydrogen (secondary N) is 1. The van der Waals surface area contributed by atoms with Gasteiger partial charge >= 0.3 is 0 Å². The van der Waals surface area contributed by atoms with E-state index in [4.69, 9.17) is 4.42 Å². The normalized spacial score (nSPS) is 22.1. The van der Waals surface area contributed by atoms with E-state index in [-0.39, 0.29) is 17.5 Å². The van der Waals surface area contributed by atoms with Crippen LogP contribution in [0, 0.1) is 18.8 Å². The largest absolute Gasteiger partial charge is 0.460 e. The van der Waals surface area contributed by atoms with Gasteiger partial charge in [0.25, 0.3) is 5.56 Å². The molecule has 3 atom stereocenters. The minimum Gasteiger partial charge on any atom is -0.460 e. The lowest BCUT2D eigenvalue weighted by atomic mass is 9.78. The molecule has 0 radical (unpaired) electrons. The van der Waals surface area contributed by atoms with Crippen LogP contribution in [-0.4, -0.2) is 26.1 Å². The van der Waals surface area contributed by atoms with E-state index in [0.717, 1.165) is 23.5 Å². The predicted octanol–water partition coefficient (Wildman–Crippen LogP) is 3.83. The van der Waals surface area contributed by atoms with Gasteiger partial charge in [0.15, 0.2) is 5.58 Å². The highest BCUT2D eigenvalue weighted by atomic mass is 16.3. The van der Waals surface area contributed by atoms with Crippen LogP contribution in [0.5, 0.6) is 0 Å². The van der Waals surface area contributed by atoms with E-state index in [0.29, 0.717) is 48.7 Å². The van der Waals surface area contributed by atoms with Crippen molar-refractivity contribution in [1.29, 1.82) is 0 Å². The van der Waals surface area contributed by atoms with E-state index in [9.17, 15) is 9.59 Å². The van der Waals surface area contributed by atoms with Gasteiger partial charge in [0.05, 0.1) is 5.52 Å². The fourth-order valence-corrected chi connectivity index (χ4v) is 4.75. The zero-order valence-electron chi connectivity index (χ0n) is 18.4. The van der Waals surface area contributed by atoms with Gasteiger partial charge in [-0.1, -0.05) is 33.6 Å². The summed E-state index contributed by atoms with van der Waals surface area (Å²) in [6.45, 7) is 8.84. The molecule has 0 bridgehead atoms. The molecule has 1 saturated carbocycles. The number of amides is 1. The second-order valence-corrected chi connectivity index (χ2v) is 8.81. The van der Waals surface area contributed by atoms with Crippen LogP contribution in [0.1, 0.15) is 64.5 Å². The topological polar surface area (TPSA) is 81.5 Å². The fraction of sp³-hybridized carbons (Fsp3) is 0.609. The molecule has 0 aromatic carbocycles. The summed E-state index contributed by atoms with van der Waals surface area (Å²) < 4.78 is 9.09. The summed E-state index contributed by atoms with van der Waals surface area (Å²) in [7, 11) is 0. The predicted molar refractivity (Wildman–Crippen MR) is 117 cm³/mol. The lowest BCUT2D eigenvalue weighted by Crippen LogP contribution is -2.43. The third-order valence-electron chi connectivity index (χ3n) is 6.70. The minimum atomic E-state index is -0.147. The molecule has 1 N–H and O–H groups in total. The quantitative estimate of drug-likeness (QED) is 0.667. The summed E-state index contributed by atoms with van der Waals surface area (Å²) in [5.74, 6) is 2.86. The molecule has 30 heavy (non-hydrogen) atoms. The molecule has 1 fully saturated rings. The number of aryl methyl sites for hydroxylation is 3. The number of aromatic nitrogens is 3. The summed E-state index contributed by atoms with van der Waals surface area (Å²) in [6, 6.07) is 4.00. The Hall–Kier alpha value is -2.57. The molecule has 7 heteroatoms. The highest BCUT2D eigenvalue weighted by Crippen LogP contribution is 2.29. The fourth-order valence-electron chi connectivity index (χ4n) is 4.75. The SMILES string of the molecule is CCc1nn(CCCC(=O)N[C@@H]2CCC[C@H](C)[C@H]2C)c(=O)c2cc3oc(C)cc3n12. The monoisotopic (exact) mass is 412 g/mol. The van der Waals surface area contributed by atoms with E-state index >= 15 is 0 Å². The summed E-state index contributed by atoms with van der Waals surface area (Å²) >= 11 is 0. The lowest BCUT2D eigenvalue weighted by Gasteiger charge is -2.34. The summed E-state index contributed by atoms with van der Waals surface area (Å²) in [4.78, 5) is 25.4. The number of nitrogens with zero attached hydrogens (tertiary/aromatic N) is 3. The second-order valence-electron chi connectivity index (χ2n) is 8.81. The van der Waals surface area contributed by atoms with Gasteiger partial charge in [0.1, 0.15) is 17.1 Å². The van der Waals surface area contributed by atoms with Gasteiger partial charge in [-0.05, 0) is 31.6 Å². The van der Waals surface area contributed by atoms with Crippen LogP contribution in [-0.2, 0) is 17.8 Å². The van der Waals surface area contributed by atoms with Gasteiger partial charge in [-0.25, -0.2) is 4.68 Å². The maximum Gasteiger partial charge on any atom is 0.291 e. The van der Waals surface area contributed by atoms with E-state index in [1.165, 1.54) is 17.5 Å². The van der Waals surface area contributed by atoms with Crippen molar-refractivity contribution in [2.75, 3.05) is 0 Å². The summed E-state index contributed by atoms with van der Waals surface area (Å²) in [5, 5.41) is 7.79. The molecule has 0 unspecified atom stereocenters. The van der Waals surface area contributed by atoms with Crippen LogP contribution in [0.25, 0.3) is 16.6 Å². The highest BCUT2D eigenvalue weighted by Gasteiger charge is 2.28. The number of carbonyl (C=O) groups excluding carboxylic acids is 1. The number of hydrogen-bond donors (Lipinski definition) is 1. The molecule has 7 nitrogen and oxygen atoms in total. The third-order valence-corrected chi connectivity index (χ3v) is 6.70. The first-order chi connectivity index (χ1) is 14.4. The van der Waals surface area contributed by atoms with Gasteiger partial charge in [-0.15, -0.1) is 0 Å². The first kappa shape index (κ1) is 20.7. The van der Waals surface area contributed by atoms with Crippen molar-refractivity contribution in [2.24, 2.45) is 11.8 Å². The number of rotatable bonds is 6. The van der Waals surface area contributed by atoms with E-state index in [1.54, 1.807) is 6.07 Å². The van der Waals surface area contributed by atoms with Crippen molar-refractivity contribution < 1.29 is 9.21 Å². The Kier molecular flexibility index (Phi) is 5.71. The zero-order valence-corrected chi connectivity index (χ0v) is 18.4. The van der Waals surface area contributed by atoms with Crippen LogP contribution in [0.15, 0.2) is 21.3 Å². The van der Waals surface area contributed by atoms with Gasteiger partial charge in [-0.2, -0.15) is 5.10 Å². The minimum absolute atomic E-state index is 0.0708.